The Morgan fingerprint density at radius 2 is 2.10 bits per heavy atom. The molecule has 110 valence electrons. The third-order valence-electron chi connectivity index (χ3n) is 3.72. The molecule has 0 radical (unpaired) electrons. The first kappa shape index (κ1) is 15.4. The molecular weight excluding hydrogens is 332 g/mol. The number of carbonyl (C=O) groups is 1. The van der Waals surface area contributed by atoms with E-state index < -0.39 is 11.3 Å². The SMILES string of the molecule is CCC(C)(C(N)=NC(=O)c1cn[nH]c1)c1ccc(Br)cc1. The maximum atomic E-state index is 12.0. The van der Waals surface area contributed by atoms with Crippen LogP contribution in [0.25, 0.3) is 0 Å². The number of H-pyrrole nitrogens is 1. The average molecular weight is 349 g/mol. The Hall–Kier alpha value is -1.95. The van der Waals surface area contributed by atoms with Crippen molar-refractivity contribution < 1.29 is 4.79 Å². The lowest BCUT2D eigenvalue weighted by Gasteiger charge is -2.28. The van der Waals surface area contributed by atoms with E-state index in [2.05, 4.69) is 31.1 Å². The summed E-state index contributed by atoms with van der Waals surface area (Å²) < 4.78 is 0.995. The third-order valence-corrected chi connectivity index (χ3v) is 4.25. The topological polar surface area (TPSA) is 84.1 Å². The minimum Gasteiger partial charge on any atom is -0.386 e. The van der Waals surface area contributed by atoms with Crippen molar-refractivity contribution in [2.75, 3.05) is 0 Å². The molecule has 0 aliphatic carbocycles. The van der Waals surface area contributed by atoms with Crippen LogP contribution in [0.15, 0.2) is 46.1 Å². The van der Waals surface area contributed by atoms with Crippen molar-refractivity contribution in [3.05, 3.63) is 52.3 Å². The maximum Gasteiger partial charge on any atom is 0.281 e. The smallest absolute Gasteiger partial charge is 0.281 e. The number of benzene rings is 1. The van der Waals surface area contributed by atoms with Gasteiger partial charge in [0.25, 0.3) is 5.91 Å². The molecule has 0 saturated heterocycles. The Morgan fingerprint density at radius 3 is 2.62 bits per heavy atom. The molecule has 1 atom stereocenters. The molecule has 1 aromatic carbocycles. The van der Waals surface area contributed by atoms with Gasteiger partial charge in [-0.25, -0.2) is 0 Å². The molecule has 3 N–H and O–H groups in total. The second-order valence-corrected chi connectivity index (χ2v) is 5.90. The largest absolute Gasteiger partial charge is 0.386 e. The van der Waals surface area contributed by atoms with E-state index in [1.54, 1.807) is 0 Å². The van der Waals surface area contributed by atoms with Crippen molar-refractivity contribution in [1.82, 2.24) is 10.2 Å². The van der Waals surface area contributed by atoms with Crippen LogP contribution in [0.1, 0.15) is 36.2 Å². The van der Waals surface area contributed by atoms with Gasteiger partial charge in [0.1, 0.15) is 5.84 Å². The zero-order chi connectivity index (χ0) is 15.5. The van der Waals surface area contributed by atoms with Crippen molar-refractivity contribution in [1.29, 1.82) is 0 Å². The van der Waals surface area contributed by atoms with Crippen LogP contribution in [0.2, 0.25) is 0 Å². The summed E-state index contributed by atoms with van der Waals surface area (Å²) in [6.07, 6.45) is 3.67. The second-order valence-electron chi connectivity index (χ2n) is 4.98. The van der Waals surface area contributed by atoms with Crippen molar-refractivity contribution in [3.8, 4) is 0 Å². The van der Waals surface area contributed by atoms with E-state index in [0.717, 1.165) is 16.5 Å². The molecule has 1 aromatic heterocycles. The normalized spacial score (nSPS) is 14.7. The highest BCUT2D eigenvalue weighted by Gasteiger charge is 2.30. The predicted octanol–water partition coefficient (Wildman–Crippen LogP) is 3.04. The highest BCUT2D eigenvalue weighted by atomic mass is 79.9. The summed E-state index contributed by atoms with van der Waals surface area (Å²) in [6, 6.07) is 7.87. The Balaban J connectivity index is 2.35. The number of carbonyl (C=O) groups excluding carboxylic acids is 1. The van der Waals surface area contributed by atoms with Gasteiger partial charge in [0, 0.05) is 16.1 Å². The molecule has 0 spiro atoms. The van der Waals surface area contributed by atoms with Gasteiger partial charge in [0.2, 0.25) is 0 Å². The number of amides is 1. The Kier molecular flexibility index (Phi) is 4.57. The summed E-state index contributed by atoms with van der Waals surface area (Å²) in [7, 11) is 0. The molecule has 0 aliphatic heterocycles. The van der Waals surface area contributed by atoms with E-state index in [0.29, 0.717) is 11.4 Å². The van der Waals surface area contributed by atoms with Gasteiger partial charge in [-0.2, -0.15) is 10.1 Å². The monoisotopic (exact) mass is 348 g/mol. The summed E-state index contributed by atoms with van der Waals surface area (Å²) >= 11 is 3.41. The summed E-state index contributed by atoms with van der Waals surface area (Å²) in [5, 5.41) is 6.33. The molecule has 1 heterocycles. The quantitative estimate of drug-likeness (QED) is 0.657. The van der Waals surface area contributed by atoms with E-state index in [1.165, 1.54) is 12.4 Å². The number of nitrogens with two attached hydrogens (primary N) is 1. The van der Waals surface area contributed by atoms with Crippen molar-refractivity contribution in [3.63, 3.8) is 0 Å². The standard InChI is InChI=1S/C15H17BrN4O/c1-3-15(2,11-4-6-12(16)7-5-11)14(17)20-13(21)10-8-18-19-9-10/h4-9H,3H2,1-2H3,(H,18,19)(H2,17,20,21). The highest BCUT2D eigenvalue weighted by Crippen LogP contribution is 2.29. The molecule has 0 aliphatic rings. The fourth-order valence-electron chi connectivity index (χ4n) is 2.02. The number of aromatic amines is 1. The average Bonchev–Trinajstić information content (AvgIpc) is 3.01. The van der Waals surface area contributed by atoms with Crippen LogP contribution < -0.4 is 5.73 Å². The summed E-state index contributed by atoms with van der Waals surface area (Å²) in [4.78, 5) is 16.1. The van der Waals surface area contributed by atoms with Gasteiger partial charge in [0.05, 0.1) is 11.8 Å². The molecule has 2 aromatic rings. The second kappa shape index (κ2) is 6.22. The molecule has 0 fully saturated rings. The molecule has 21 heavy (non-hydrogen) atoms. The maximum absolute atomic E-state index is 12.0. The number of nitrogens with one attached hydrogen (secondary N) is 1. The van der Waals surface area contributed by atoms with Crippen molar-refractivity contribution in [2.45, 2.75) is 25.7 Å². The van der Waals surface area contributed by atoms with Crippen LogP contribution in [0, 0.1) is 0 Å². The van der Waals surface area contributed by atoms with Crippen molar-refractivity contribution >= 4 is 27.7 Å². The van der Waals surface area contributed by atoms with Crippen LogP contribution >= 0.6 is 15.9 Å². The molecule has 2 rings (SSSR count). The number of aliphatic imine (C=N–C) groups is 1. The number of halogens is 1. The van der Waals surface area contributed by atoms with Gasteiger partial charge in [0.15, 0.2) is 0 Å². The molecule has 1 amide bonds. The number of amidine groups is 1. The first-order valence-electron chi connectivity index (χ1n) is 6.61. The number of nitrogens with zero attached hydrogens (tertiary/aromatic N) is 2. The fraction of sp³-hybridized carbons (Fsp3) is 0.267. The lowest BCUT2D eigenvalue weighted by atomic mass is 9.79. The van der Waals surface area contributed by atoms with Crippen LogP contribution in [-0.4, -0.2) is 21.9 Å². The molecule has 0 bridgehead atoms. The van der Waals surface area contributed by atoms with Gasteiger partial charge >= 0.3 is 0 Å². The summed E-state index contributed by atoms with van der Waals surface area (Å²) in [5.74, 6) is -0.0865. The van der Waals surface area contributed by atoms with Gasteiger partial charge in [-0.05, 0) is 31.0 Å². The van der Waals surface area contributed by atoms with E-state index >= 15 is 0 Å². The van der Waals surface area contributed by atoms with Crippen LogP contribution in [0.4, 0.5) is 0 Å². The number of aromatic nitrogens is 2. The van der Waals surface area contributed by atoms with Crippen LogP contribution in [0.5, 0.6) is 0 Å². The molecule has 5 nitrogen and oxygen atoms in total. The van der Waals surface area contributed by atoms with E-state index in [1.807, 2.05) is 38.1 Å². The molecular formula is C15H17BrN4O. The lowest BCUT2D eigenvalue weighted by Crippen LogP contribution is -2.38. The number of rotatable bonds is 4. The first-order chi connectivity index (χ1) is 9.97. The van der Waals surface area contributed by atoms with Crippen LogP contribution in [0.3, 0.4) is 0 Å². The minimum absolute atomic E-state index is 0.304. The highest BCUT2D eigenvalue weighted by molar-refractivity contribution is 9.10. The number of hydrogen-bond donors (Lipinski definition) is 2. The minimum atomic E-state index is -0.486. The predicted molar refractivity (Wildman–Crippen MR) is 86.3 cm³/mol. The van der Waals surface area contributed by atoms with Gasteiger partial charge in [-0.3, -0.25) is 9.89 Å². The Labute approximate surface area is 131 Å². The lowest BCUT2D eigenvalue weighted by molar-refractivity contribution is 0.100. The fourth-order valence-corrected chi connectivity index (χ4v) is 2.28. The van der Waals surface area contributed by atoms with Crippen molar-refractivity contribution in [2.24, 2.45) is 10.7 Å². The number of hydrogen-bond acceptors (Lipinski definition) is 2. The van der Waals surface area contributed by atoms with E-state index in [9.17, 15) is 4.79 Å². The van der Waals surface area contributed by atoms with E-state index in [-0.39, 0.29) is 0 Å². The zero-order valence-electron chi connectivity index (χ0n) is 11.9. The summed E-state index contributed by atoms with van der Waals surface area (Å²) in [6.45, 7) is 4.00. The zero-order valence-corrected chi connectivity index (χ0v) is 13.5. The molecule has 1 unspecified atom stereocenters. The first-order valence-corrected chi connectivity index (χ1v) is 7.40. The Morgan fingerprint density at radius 1 is 1.43 bits per heavy atom. The van der Waals surface area contributed by atoms with Gasteiger partial charge < -0.3 is 5.73 Å². The Bertz CT molecular complexity index is 649. The van der Waals surface area contributed by atoms with E-state index in [4.69, 9.17) is 5.73 Å². The summed E-state index contributed by atoms with van der Waals surface area (Å²) in [5.41, 5.74) is 7.06. The van der Waals surface area contributed by atoms with Gasteiger partial charge in [-0.15, -0.1) is 0 Å². The molecule has 6 heteroatoms. The molecule has 0 saturated carbocycles. The van der Waals surface area contributed by atoms with Crippen LogP contribution in [-0.2, 0) is 5.41 Å². The third kappa shape index (κ3) is 3.21. The van der Waals surface area contributed by atoms with Gasteiger partial charge in [-0.1, -0.05) is 35.0 Å².